The van der Waals surface area contributed by atoms with Gasteiger partial charge >= 0.3 is 0 Å². The van der Waals surface area contributed by atoms with Crippen LogP contribution in [0, 0.1) is 23.7 Å². The first kappa shape index (κ1) is 29.8. The summed E-state index contributed by atoms with van der Waals surface area (Å²) in [5.74, 6) is 1.25. The number of carbonyl (C=O) groups excluding carboxylic acids is 2. The van der Waals surface area contributed by atoms with Crippen LogP contribution in [0.3, 0.4) is 0 Å². The molecule has 0 spiro atoms. The van der Waals surface area contributed by atoms with Gasteiger partial charge in [0.1, 0.15) is 6.10 Å². The van der Waals surface area contributed by atoms with E-state index in [4.69, 9.17) is 23.7 Å². The van der Waals surface area contributed by atoms with Gasteiger partial charge in [-0.1, -0.05) is 0 Å². The normalized spacial score (nSPS) is 46.3. The number of nitrogens with one attached hydrogen (secondary N) is 2. The summed E-state index contributed by atoms with van der Waals surface area (Å²) < 4.78 is 29.3. The lowest BCUT2D eigenvalue weighted by atomic mass is 9.64. The summed E-state index contributed by atoms with van der Waals surface area (Å²) >= 11 is 0. The molecule has 13 unspecified atom stereocenters. The first-order valence-electron chi connectivity index (χ1n) is 16.0. The number of amides is 2. The molecule has 3 heterocycles. The lowest BCUT2D eigenvalue weighted by molar-refractivity contribution is -0.175. The van der Waals surface area contributed by atoms with Gasteiger partial charge in [-0.3, -0.25) is 9.59 Å². The van der Waals surface area contributed by atoms with Gasteiger partial charge in [-0.25, -0.2) is 0 Å². The molecule has 0 bridgehead atoms. The number of piperidine rings is 2. The summed E-state index contributed by atoms with van der Waals surface area (Å²) in [6.07, 6.45) is 7.57. The zero-order chi connectivity index (χ0) is 28.8. The molecule has 0 aromatic heterocycles. The summed E-state index contributed by atoms with van der Waals surface area (Å²) in [5, 5.41) is 7.06. The fourth-order valence-electron chi connectivity index (χ4n) is 9.88. The second-order valence-electron chi connectivity index (χ2n) is 13.4. The van der Waals surface area contributed by atoms with Crippen molar-refractivity contribution in [1.29, 1.82) is 0 Å². The van der Waals surface area contributed by atoms with E-state index in [1.165, 1.54) is 0 Å². The van der Waals surface area contributed by atoms with Crippen LogP contribution in [0.15, 0.2) is 0 Å². The summed E-state index contributed by atoms with van der Waals surface area (Å²) in [4.78, 5) is 29.7. The molecule has 6 fully saturated rings. The number of hydrogen-bond acceptors (Lipinski definition) is 8. The first-order chi connectivity index (χ1) is 19.9. The molecule has 10 heteroatoms. The highest BCUT2D eigenvalue weighted by Crippen LogP contribution is 2.54. The average molecular weight is 578 g/mol. The molecule has 3 saturated heterocycles. The summed E-state index contributed by atoms with van der Waals surface area (Å²) in [7, 11) is 6.88. The number of hydrogen-bond donors (Lipinski definition) is 2. The quantitative estimate of drug-likeness (QED) is 0.451. The predicted octanol–water partition coefficient (Wildman–Crippen LogP) is 1.89. The molecule has 0 aromatic rings. The smallest absolute Gasteiger partial charge is 0.249 e. The maximum absolute atomic E-state index is 14.2. The van der Waals surface area contributed by atoms with Gasteiger partial charge < -0.3 is 39.2 Å². The minimum atomic E-state index is -0.514. The summed E-state index contributed by atoms with van der Waals surface area (Å²) in [6, 6.07) is 0.874. The van der Waals surface area contributed by atoms with E-state index in [-0.39, 0.29) is 72.3 Å². The molecule has 14 atom stereocenters. The van der Waals surface area contributed by atoms with Crippen LogP contribution in [-0.2, 0) is 33.3 Å². The molecule has 41 heavy (non-hydrogen) atoms. The van der Waals surface area contributed by atoms with Gasteiger partial charge in [-0.15, -0.1) is 0 Å². The van der Waals surface area contributed by atoms with E-state index in [1.807, 2.05) is 6.92 Å². The molecule has 10 nitrogen and oxygen atoms in total. The monoisotopic (exact) mass is 577 g/mol. The zero-order valence-electron chi connectivity index (χ0n) is 25.5. The third kappa shape index (κ3) is 5.24. The minimum Gasteiger partial charge on any atom is -0.379 e. The molecule has 2 N–H and O–H groups in total. The lowest BCUT2D eigenvalue weighted by Crippen LogP contribution is -2.70. The molecule has 0 aromatic carbocycles. The van der Waals surface area contributed by atoms with Gasteiger partial charge in [0.25, 0.3) is 0 Å². The van der Waals surface area contributed by atoms with Crippen molar-refractivity contribution in [1.82, 2.24) is 15.5 Å². The Balaban J connectivity index is 1.10. The largest absolute Gasteiger partial charge is 0.379 e. The van der Waals surface area contributed by atoms with Crippen molar-refractivity contribution in [3.05, 3.63) is 0 Å². The van der Waals surface area contributed by atoms with Crippen molar-refractivity contribution < 1.29 is 33.3 Å². The summed E-state index contributed by atoms with van der Waals surface area (Å²) in [5.41, 5.74) is 0. The van der Waals surface area contributed by atoms with E-state index >= 15 is 0 Å². The molecule has 2 amide bonds. The van der Waals surface area contributed by atoms with E-state index in [0.717, 1.165) is 64.3 Å². The van der Waals surface area contributed by atoms with Crippen LogP contribution < -0.4 is 10.6 Å². The number of nitrogens with zero attached hydrogens (tertiary/aromatic N) is 1. The van der Waals surface area contributed by atoms with Crippen LogP contribution in [0.2, 0.25) is 0 Å². The average Bonchev–Trinajstić information content (AvgIpc) is 3.33. The summed E-state index contributed by atoms with van der Waals surface area (Å²) in [6.45, 7) is 2.86. The fraction of sp³-hybridized carbons (Fsp3) is 0.935. The van der Waals surface area contributed by atoms with Crippen LogP contribution in [-0.4, -0.2) is 112 Å². The molecule has 3 aliphatic carbocycles. The third-order valence-electron chi connectivity index (χ3n) is 11.7. The predicted molar refractivity (Wildman–Crippen MR) is 151 cm³/mol. The standard InChI is InChI=1S/C31H51N3O7/c1-16(30(35)33-17-6-10-23(37-2)25(14-17)39-4)41-18-7-9-22-21(15-18)19-12-13-32-27-20-8-11-24(38-3)29(40-5)26(20)31(36)34(22)28(19)27/h16-29,32H,6-15H2,1-5H3,(H,33,35)/t16-,17?,18?,19?,20?,21?,22?,23?,24?,25?,26?,27?,28?,29?/m1/s1. The van der Waals surface area contributed by atoms with E-state index in [9.17, 15) is 9.59 Å². The minimum absolute atomic E-state index is 0.00801. The van der Waals surface area contributed by atoms with Gasteiger partial charge in [0, 0.05) is 46.6 Å². The lowest BCUT2D eigenvalue weighted by Gasteiger charge is -2.55. The van der Waals surface area contributed by atoms with Crippen LogP contribution in [0.25, 0.3) is 0 Å². The topological polar surface area (TPSA) is 108 Å². The zero-order valence-corrected chi connectivity index (χ0v) is 25.5. The Morgan fingerprint density at radius 1 is 0.854 bits per heavy atom. The SMILES string of the molecule is COC1CCC(NC(=O)[C@@H](C)OC2CCC3C(C2)C2CCNC4C5CCC(OC)C(OC)C5C(=O)N3C24)CC1OC. The third-order valence-corrected chi connectivity index (χ3v) is 11.7. The van der Waals surface area contributed by atoms with Crippen molar-refractivity contribution in [2.75, 3.05) is 35.0 Å². The van der Waals surface area contributed by atoms with Gasteiger partial charge in [0.2, 0.25) is 11.8 Å². The fourth-order valence-corrected chi connectivity index (χ4v) is 9.88. The van der Waals surface area contributed by atoms with E-state index < -0.39 is 6.10 Å². The highest BCUT2D eigenvalue weighted by atomic mass is 16.5. The Bertz CT molecular complexity index is 953. The molecule has 232 valence electrons. The molecule has 3 aliphatic heterocycles. The van der Waals surface area contributed by atoms with Crippen molar-refractivity contribution in [3.63, 3.8) is 0 Å². The van der Waals surface area contributed by atoms with Crippen LogP contribution in [0.5, 0.6) is 0 Å². The second kappa shape index (κ2) is 12.4. The number of fused-ring (bicyclic) bond motifs is 5. The van der Waals surface area contributed by atoms with Crippen molar-refractivity contribution in [2.24, 2.45) is 23.7 Å². The van der Waals surface area contributed by atoms with Crippen molar-refractivity contribution in [3.8, 4) is 0 Å². The van der Waals surface area contributed by atoms with Gasteiger partial charge in [0.15, 0.2) is 0 Å². The Morgan fingerprint density at radius 3 is 2.34 bits per heavy atom. The van der Waals surface area contributed by atoms with Crippen molar-refractivity contribution >= 4 is 11.8 Å². The first-order valence-corrected chi connectivity index (χ1v) is 16.0. The maximum Gasteiger partial charge on any atom is 0.249 e. The Kier molecular flexibility index (Phi) is 8.97. The Labute approximate surface area is 244 Å². The van der Waals surface area contributed by atoms with Crippen LogP contribution >= 0.6 is 0 Å². The molecule has 6 aliphatic rings. The highest BCUT2D eigenvalue weighted by molar-refractivity contribution is 5.83. The number of ether oxygens (including phenoxy) is 5. The number of methoxy groups -OCH3 is 4. The number of rotatable bonds is 8. The van der Waals surface area contributed by atoms with Crippen molar-refractivity contribution in [2.45, 2.75) is 126 Å². The molecular formula is C31H51N3O7. The molecule has 3 saturated carbocycles. The van der Waals surface area contributed by atoms with Gasteiger partial charge in [-0.2, -0.15) is 0 Å². The number of carbonyl (C=O) groups is 2. The molecular weight excluding hydrogens is 526 g/mol. The van der Waals surface area contributed by atoms with E-state index in [2.05, 4.69) is 15.5 Å². The van der Waals surface area contributed by atoms with E-state index in [1.54, 1.807) is 28.4 Å². The Morgan fingerprint density at radius 2 is 1.61 bits per heavy atom. The molecule has 0 radical (unpaired) electrons. The Hall–Kier alpha value is -1.30. The van der Waals surface area contributed by atoms with Gasteiger partial charge in [0.05, 0.1) is 42.5 Å². The van der Waals surface area contributed by atoms with Gasteiger partial charge in [-0.05, 0) is 89.0 Å². The highest BCUT2D eigenvalue weighted by Gasteiger charge is 2.64. The second-order valence-corrected chi connectivity index (χ2v) is 13.4. The van der Waals surface area contributed by atoms with Crippen LogP contribution in [0.4, 0.5) is 0 Å². The molecule has 6 rings (SSSR count). The maximum atomic E-state index is 14.2. The van der Waals surface area contributed by atoms with Crippen LogP contribution in [0.1, 0.15) is 64.7 Å². The van der Waals surface area contributed by atoms with E-state index in [0.29, 0.717) is 17.9 Å².